The average molecular weight is 409 g/mol. The largest absolute Gasteiger partial charge is 0.307 e. The second-order valence-corrected chi connectivity index (χ2v) is 8.94. The highest BCUT2D eigenvalue weighted by Gasteiger charge is 2.12. The molecule has 0 aliphatic heterocycles. The van der Waals surface area contributed by atoms with Gasteiger partial charge in [-0.1, -0.05) is 72.3 Å². The predicted octanol–water partition coefficient (Wildman–Crippen LogP) is 4.72. The molecule has 0 aliphatic rings. The number of aryl methyl sites for hydroxylation is 1. The van der Waals surface area contributed by atoms with Crippen molar-refractivity contribution in [3.8, 4) is 0 Å². The van der Waals surface area contributed by atoms with Crippen molar-refractivity contribution in [2.45, 2.75) is 31.2 Å². The van der Waals surface area contributed by atoms with Crippen molar-refractivity contribution in [1.82, 2.24) is 10.0 Å². The lowest BCUT2D eigenvalue weighted by molar-refractivity contribution is 0.582. The molecule has 3 aromatic carbocycles. The SMILES string of the molecule is Cc1ccc(S(=O)(=O)NCC/C=C/CN[C@H](C)c2cccc3ccccc23)cc1. The Labute approximate surface area is 173 Å². The van der Waals surface area contributed by atoms with Crippen molar-refractivity contribution in [2.75, 3.05) is 13.1 Å². The fourth-order valence-electron chi connectivity index (χ4n) is 3.26. The third-order valence-corrected chi connectivity index (χ3v) is 6.41. The third-order valence-electron chi connectivity index (χ3n) is 4.93. The van der Waals surface area contributed by atoms with Gasteiger partial charge in [0.25, 0.3) is 0 Å². The summed E-state index contributed by atoms with van der Waals surface area (Å²) in [7, 11) is -3.44. The lowest BCUT2D eigenvalue weighted by atomic mass is 10.00. The van der Waals surface area contributed by atoms with Crippen LogP contribution in [0.5, 0.6) is 0 Å². The molecular formula is C24H28N2O2S. The predicted molar refractivity (Wildman–Crippen MR) is 120 cm³/mol. The first-order valence-corrected chi connectivity index (χ1v) is 11.4. The van der Waals surface area contributed by atoms with Crippen LogP contribution in [0.3, 0.4) is 0 Å². The second-order valence-electron chi connectivity index (χ2n) is 7.17. The van der Waals surface area contributed by atoms with Crippen LogP contribution in [0.1, 0.15) is 30.5 Å². The maximum atomic E-state index is 12.2. The van der Waals surface area contributed by atoms with Crippen LogP contribution in [0.25, 0.3) is 10.8 Å². The molecule has 2 N–H and O–H groups in total. The molecule has 0 radical (unpaired) electrons. The molecule has 152 valence electrons. The van der Waals surface area contributed by atoms with Crippen molar-refractivity contribution >= 4 is 20.8 Å². The minimum absolute atomic E-state index is 0.228. The molecule has 0 aliphatic carbocycles. The second kappa shape index (κ2) is 9.83. The summed E-state index contributed by atoms with van der Waals surface area (Å²) in [6.45, 7) is 5.20. The van der Waals surface area contributed by atoms with E-state index < -0.39 is 10.0 Å². The Hall–Kier alpha value is -2.47. The van der Waals surface area contributed by atoms with E-state index in [1.165, 1.54) is 16.3 Å². The summed E-state index contributed by atoms with van der Waals surface area (Å²) >= 11 is 0. The van der Waals surface area contributed by atoms with E-state index >= 15 is 0 Å². The van der Waals surface area contributed by atoms with E-state index in [0.29, 0.717) is 17.9 Å². The molecule has 0 unspecified atom stereocenters. The van der Waals surface area contributed by atoms with Crippen LogP contribution >= 0.6 is 0 Å². The Bertz CT molecular complexity index is 1070. The van der Waals surface area contributed by atoms with Gasteiger partial charge in [-0.3, -0.25) is 0 Å². The minimum Gasteiger partial charge on any atom is -0.307 e. The summed E-state index contributed by atoms with van der Waals surface area (Å²) in [4.78, 5) is 0.303. The Kier molecular flexibility index (Phi) is 7.20. The number of rotatable bonds is 9. The van der Waals surface area contributed by atoms with Gasteiger partial charge in [-0.15, -0.1) is 0 Å². The quantitative estimate of drug-likeness (QED) is 0.398. The van der Waals surface area contributed by atoms with Crippen LogP contribution in [0.2, 0.25) is 0 Å². The maximum absolute atomic E-state index is 12.2. The molecule has 29 heavy (non-hydrogen) atoms. The van der Waals surface area contributed by atoms with Crippen molar-refractivity contribution in [2.24, 2.45) is 0 Å². The summed E-state index contributed by atoms with van der Waals surface area (Å²) in [5.41, 5.74) is 2.32. The lowest BCUT2D eigenvalue weighted by Gasteiger charge is -2.15. The van der Waals surface area contributed by atoms with E-state index in [2.05, 4.69) is 59.4 Å². The van der Waals surface area contributed by atoms with E-state index in [9.17, 15) is 8.42 Å². The van der Waals surface area contributed by atoms with Gasteiger partial charge in [0.2, 0.25) is 10.0 Å². The van der Waals surface area contributed by atoms with Crippen LogP contribution < -0.4 is 10.0 Å². The summed E-state index contributed by atoms with van der Waals surface area (Å²) in [5.74, 6) is 0. The van der Waals surface area contributed by atoms with E-state index in [4.69, 9.17) is 0 Å². The number of hydrogen-bond donors (Lipinski definition) is 2. The van der Waals surface area contributed by atoms with Gasteiger partial charge in [0.1, 0.15) is 0 Å². The van der Waals surface area contributed by atoms with Gasteiger partial charge in [0, 0.05) is 19.1 Å². The van der Waals surface area contributed by atoms with Crippen LogP contribution in [0.4, 0.5) is 0 Å². The molecule has 0 saturated carbocycles. The maximum Gasteiger partial charge on any atom is 0.240 e. The molecule has 0 fully saturated rings. The molecule has 5 heteroatoms. The lowest BCUT2D eigenvalue weighted by Crippen LogP contribution is -2.24. The Morgan fingerprint density at radius 2 is 1.66 bits per heavy atom. The van der Waals surface area contributed by atoms with E-state index in [0.717, 1.165) is 12.1 Å². The third kappa shape index (κ3) is 5.76. The van der Waals surface area contributed by atoms with Crippen molar-refractivity contribution < 1.29 is 8.42 Å². The Morgan fingerprint density at radius 3 is 2.45 bits per heavy atom. The van der Waals surface area contributed by atoms with Crippen LogP contribution in [-0.2, 0) is 10.0 Å². The molecule has 3 rings (SSSR count). The smallest absolute Gasteiger partial charge is 0.240 e. The van der Waals surface area contributed by atoms with E-state index in [1.54, 1.807) is 24.3 Å². The summed E-state index contributed by atoms with van der Waals surface area (Å²) < 4.78 is 27.1. The summed E-state index contributed by atoms with van der Waals surface area (Å²) in [6, 6.07) is 21.9. The fraction of sp³-hybridized carbons (Fsp3) is 0.250. The van der Waals surface area contributed by atoms with Gasteiger partial charge >= 0.3 is 0 Å². The first-order chi connectivity index (χ1) is 14.0. The molecule has 3 aromatic rings. The number of sulfonamides is 1. The number of nitrogens with one attached hydrogen (secondary N) is 2. The van der Waals surface area contributed by atoms with Gasteiger partial charge in [-0.05, 0) is 48.7 Å². The fourth-order valence-corrected chi connectivity index (χ4v) is 4.31. The first-order valence-electron chi connectivity index (χ1n) is 9.90. The topological polar surface area (TPSA) is 58.2 Å². The van der Waals surface area contributed by atoms with Crippen molar-refractivity contribution in [1.29, 1.82) is 0 Å². The molecule has 0 aromatic heterocycles. The van der Waals surface area contributed by atoms with Gasteiger partial charge in [-0.2, -0.15) is 0 Å². The van der Waals surface area contributed by atoms with Crippen molar-refractivity contribution in [3.05, 3.63) is 90.0 Å². The molecular weight excluding hydrogens is 380 g/mol. The zero-order valence-corrected chi connectivity index (χ0v) is 17.7. The molecule has 0 heterocycles. The van der Waals surface area contributed by atoms with Gasteiger partial charge < -0.3 is 5.32 Å². The van der Waals surface area contributed by atoms with Gasteiger partial charge in [0.05, 0.1) is 4.90 Å². The molecule has 0 amide bonds. The highest BCUT2D eigenvalue weighted by atomic mass is 32.2. The Balaban J connectivity index is 1.44. The highest BCUT2D eigenvalue weighted by molar-refractivity contribution is 7.89. The molecule has 1 atom stereocenters. The van der Waals surface area contributed by atoms with Crippen LogP contribution in [0.15, 0.2) is 83.8 Å². The monoisotopic (exact) mass is 408 g/mol. The molecule has 0 bridgehead atoms. The van der Waals surface area contributed by atoms with Gasteiger partial charge in [0.15, 0.2) is 0 Å². The minimum atomic E-state index is -3.44. The average Bonchev–Trinajstić information content (AvgIpc) is 2.72. The summed E-state index contributed by atoms with van der Waals surface area (Å²) in [6.07, 6.45) is 4.69. The van der Waals surface area contributed by atoms with Crippen LogP contribution in [-0.4, -0.2) is 21.5 Å². The zero-order chi connectivity index (χ0) is 20.7. The van der Waals surface area contributed by atoms with E-state index in [1.807, 2.05) is 19.1 Å². The highest BCUT2D eigenvalue weighted by Crippen LogP contribution is 2.23. The molecule has 0 saturated heterocycles. The zero-order valence-electron chi connectivity index (χ0n) is 16.9. The Morgan fingerprint density at radius 1 is 0.931 bits per heavy atom. The summed E-state index contributed by atoms with van der Waals surface area (Å²) in [5, 5.41) is 6.02. The first kappa shape index (κ1) is 21.2. The normalized spacial score (nSPS) is 13.2. The van der Waals surface area contributed by atoms with E-state index in [-0.39, 0.29) is 6.04 Å². The number of hydrogen-bond acceptors (Lipinski definition) is 3. The number of fused-ring (bicyclic) bond motifs is 1. The van der Waals surface area contributed by atoms with Crippen molar-refractivity contribution in [3.63, 3.8) is 0 Å². The van der Waals surface area contributed by atoms with Gasteiger partial charge in [-0.25, -0.2) is 13.1 Å². The number of benzene rings is 3. The molecule has 4 nitrogen and oxygen atoms in total. The van der Waals surface area contributed by atoms with Crippen LogP contribution in [0, 0.1) is 6.92 Å². The standard InChI is InChI=1S/C24H28N2O2S/c1-19-13-15-22(16-14-19)29(27,28)26-18-7-3-6-17-25-20(2)23-12-8-10-21-9-4-5-11-24(21)23/h3-6,8-16,20,25-26H,7,17-18H2,1-2H3/b6-3+/t20-/m1/s1. The molecule has 0 spiro atoms.